The molecule has 0 amide bonds. The zero-order chi connectivity index (χ0) is 26.5. The largest absolute Gasteiger partial charge is 1.00 e. The minimum atomic E-state index is -1.01. The number of rotatable bonds is 10. The third-order valence-electron chi connectivity index (χ3n) is 8.11. The zero-order valence-corrected chi connectivity index (χ0v) is 26.0. The average molecular weight is 542 g/mol. The Hall–Kier alpha value is -1.35. The van der Waals surface area contributed by atoms with E-state index in [-0.39, 0.29) is 58.7 Å². The van der Waals surface area contributed by atoms with Gasteiger partial charge in [0, 0.05) is 0 Å². The maximum atomic E-state index is 12.1. The number of aliphatic carboxylic acids is 1. The monoisotopic (exact) mass is 541 g/mol. The van der Waals surface area contributed by atoms with Crippen molar-refractivity contribution in [3.63, 3.8) is 0 Å². The van der Waals surface area contributed by atoms with Gasteiger partial charge in [0.25, 0.3) is 0 Å². The van der Waals surface area contributed by atoms with Gasteiger partial charge in [0.05, 0.1) is 11.5 Å². The van der Waals surface area contributed by atoms with Gasteiger partial charge in [-0.2, -0.15) is 0 Å². The van der Waals surface area contributed by atoms with E-state index in [0.29, 0.717) is 6.42 Å². The number of likely N-dealkylation sites (tertiary alicyclic amines) is 1. The second-order valence-corrected chi connectivity index (χ2v) is 10.8. The normalized spacial score (nSPS) is 16.0. The average Bonchev–Trinajstić information content (AvgIpc) is 2.94. The number of piperidine rings is 1. The number of carboxylic acids is 1. The van der Waals surface area contributed by atoms with Gasteiger partial charge in [-0.15, -0.1) is 0 Å². The van der Waals surface area contributed by atoms with Crippen LogP contribution in [-0.2, 0) is 15.8 Å². The van der Waals surface area contributed by atoms with Gasteiger partial charge in [-0.3, -0.25) is 4.79 Å². The summed E-state index contributed by atoms with van der Waals surface area (Å²) in [7, 11) is 0. The number of nitrogens with zero attached hydrogens (tertiary/aromatic N) is 1. The zero-order valence-electron chi connectivity index (χ0n) is 23.9. The van der Waals surface area contributed by atoms with Crippen molar-refractivity contribution < 1.29 is 72.9 Å². The topological polar surface area (TPSA) is 81.0 Å². The number of aliphatic hydroxyl groups excluding tert-OH is 1. The van der Waals surface area contributed by atoms with Crippen LogP contribution in [0.25, 0.3) is 0 Å². The van der Waals surface area contributed by atoms with Crippen molar-refractivity contribution in [3.8, 4) is 0 Å². The Balaban J connectivity index is 0.00000267. The van der Waals surface area contributed by atoms with Gasteiger partial charge in [0.15, 0.2) is 0 Å². The van der Waals surface area contributed by atoms with Crippen molar-refractivity contribution in [2.45, 2.75) is 56.7 Å². The molecule has 38 heavy (non-hydrogen) atoms. The Morgan fingerprint density at radius 3 is 1.87 bits per heavy atom. The number of benzene rings is 3. The van der Waals surface area contributed by atoms with Gasteiger partial charge in [0.1, 0.15) is 5.60 Å². The van der Waals surface area contributed by atoms with E-state index < -0.39 is 23.1 Å². The van der Waals surface area contributed by atoms with Crippen molar-refractivity contribution >= 4 is 5.97 Å². The Bertz CT molecular complexity index is 1110. The van der Waals surface area contributed by atoms with Crippen LogP contribution < -0.4 is 51.4 Å². The molecule has 1 heterocycles. The van der Waals surface area contributed by atoms with Crippen molar-refractivity contribution in [2.75, 3.05) is 19.6 Å². The second kappa shape index (κ2) is 13.8. The molecule has 0 unspecified atom stereocenters. The molecule has 5 nitrogen and oxygen atoms in total. The molecule has 1 fully saturated rings. The fourth-order valence-electron chi connectivity index (χ4n) is 5.52. The molecule has 198 valence electrons. The third kappa shape index (κ3) is 7.04. The van der Waals surface area contributed by atoms with Crippen molar-refractivity contribution in [1.29, 1.82) is 0 Å². The molecule has 0 bridgehead atoms. The van der Waals surface area contributed by atoms with Crippen LogP contribution in [-0.4, -0.2) is 45.8 Å². The summed E-state index contributed by atoms with van der Waals surface area (Å²) < 4.78 is 0. The number of hydrogen-bond donors (Lipinski definition) is 3. The Morgan fingerprint density at radius 2 is 1.39 bits per heavy atom. The Morgan fingerprint density at radius 1 is 0.895 bits per heavy atom. The maximum Gasteiger partial charge on any atom is 1.00 e. The molecule has 1 aliphatic rings. The van der Waals surface area contributed by atoms with E-state index in [2.05, 4.69) is 4.90 Å². The van der Waals surface area contributed by atoms with Gasteiger partial charge in [0.2, 0.25) is 0 Å². The van der Waals surface area contributed by atoms with Gasteiger partial charge in [-0.05, 0) is 87.3 Å². The van der Waals surface area contributed by atoms with Crippen LogP contribution >= 0.6 is 0 Å². The predicted molar refractivity (Wildman–Crippen MR) is 147 cm³/mol. The minimum absolute atomic E-state index is 0. The summed E-state index contributed by atoms with van der Waals surface area (Å²) in [5, 5.41) is 32.2. The van der Waals surface area contributed by atoms with Crippen LogP contribution in [0.1, 0.15) is 69.3 Å². The molecular formula is C32H40KNO4. The molecule has 1 aliphatic heterocycles. The molecule has 3 aromatic carbocycles. The molecular weight excluding hydrogens is 501 g/mol. The van der Waals surface area contributed by atoms with E-state index in [1.165, 1.54) is 0 Å². The fourth-order valence-corrected chi connectivity index (χ4v) is 5.52. The van der Waals surface area contributed by atoms with Crippen LogP contribution in [0.5, 0.6) is 0 Å². The number of carbonyl (C=O) groups is 1. The number of carboxylic acid groups (broad SMARTS) is 1. The van der Waals surface area contributed by atoms with E-state index in [9.17, 15) is 20.1 Å². The van der Waals surface area contributed by atoms with Gasteiger partial charge >= 0.3 is 57.4 Å². The van der Waals surface area contributed by atoms with Crippen molar-refractivity contribution in [2.24, 2.45) is 5.92 Å². The first kappa shape index (κ1) is 31.2. The quantitative estimate of drug-likeness (QED) is 0.344. The summed E-state index contributed by atoms with van der Waals surface area (Å²) in [6, 6.07) is 27.3. The molecule has 6 heteroatoms. The SMILES string of the molecule is CC(C)(C(=O)O)c1ccc([C@@H](O)CCCN2CCC(C(O)(c3ccccc3)c3ccccc3)CC2)cc1.[H-].[K+]. The van der Waals surface area contributed by atoms with Crippen LogP contribution in [0.3, 0.4) is 0 Å². The summed E-state index contributed by atoms with van der Waals surface area (Å²) in [5.41, 5.74) is 1.47. The molecule has 0 spiro atoms. The molecule has 3 aromatic rings. The Kier molecular flexibility index (Phi) is 11.3. The molecule has 3 N–H and O–H groups in total. The standard InChI is InChI=1S/C32H39NO4.K.H/c1-31(2,30(35)36)25-17-15-24(16-18-25)29(34)14-9-21-33-22-19-28(20-23-33)32(37,26-10-5-3-6-11-26)27-12-7-4-8-13-27;;/h3-8,10-13,15-18,28-29,34,37H,9,14,19-23H2,1-2H3,(H,35,36);;/q;+1;-1/t29-;;/m0../s1. The number of aliphatic hydroxyl groups is 2. The van der Waals surface area contributed by atoms with Crippen LogP contribution in [0.4, 0.5) is 0 Å². The molecule has 0 saturated carbocycles. The molecule has 0 aromatic heterocycles. The van der Waals surface area contributed by atoms with Gasteiger partial charge in [-0.25, -0.2) is 0 Å². The fraction of sp³-hybridized carbons (Fsp3) is 0.406. The third-order valence-corrected chi connectivity index (χ3v) is 8.11. The van der Waals surface area contributed by atoms with Crippen LogP contribution in [0.2, 0.25) is 0 Å². The molecule has 0 radical (unpaired) electrons. The van der Waals surface area contributed by atoms with Gasteiger partial charge < -0.3 is 21.6 Å². The van der Waals surface area contributed by atoms with E-state index in [4.69, 9.17) is 0 Å². The van der Waals surface area contributed by atoms with Crippen molar-refractivity contribution in [3.05, 3.63) is 107 Å². The molecule has 1 saturated heterocycles. The summed E-state index contributed by atoms with van der Waals surface area (Å²) in [6.45, 7) is 6.11. The molecule has 1 atom stereocenters. The van der Waals surface area contributed by atoms with E-state index in [0.717, 1.165) is 61.2 Å². The van der Waals surface area contributed by atoms with Gasteiger partial charge in [-0.1, -0.05) is 84.9 Å². The summed E-state index contributed by atoms with van der Waals surface area (Å²) in [4.78, 5) is 13.9. The molecule has 0 aliphatic carbocycles. The first-order valence-corrected chi connectivity index (χ1v) is 13.3. The Labute approximate surface area is 270 Å². The smallest absolute Gasteiger partial charge is 1.00 e. The number of hydrogen-bond acceptors (Lipinski definition) is 4. The van der Waals surface area contributed by atoms with E-state index >= 15 is 0 Å². The maximum absolute atomic E-state index is 12.1. The first-order valence-electron chi connectivity index (χ1n) is 13.3. The van der Waals surface area contributed by atoms with Crippen LogP contribution in [0, 0.1) is 5.92 Å². The van der Waals surface area contributed by atoms with E-state index in [1.807, 2.05) is 72.8 Å². The summed E-state index contributed by atoms with van der Waals surface area (Å²) >= 11 is 0. The summed E-state index contributed by atoms with van der Waals surface area (Å²) in [5.74, 6) is -0.733. The predicted octanol–water partition coefficient (Wildman–Crippen LogP) is 2.63. The first-order chi connectivity index (χ1) is 17.7. The second-order valence-electron chi connectivity index (χ2n) is 10.8. The summed E-state index contributed by atoms with van der Waals surface area (Å²) in [6.07, 6.45) is 2.77. The van der Waals surface area contributed by atoms with Crippen molar-refractivity contribution in [1.82, 2.24) is 4.90 Å². The molecule has 4 rings (SSSR count). The van der Waals surface area contributed by atoms with E-state index in [1.54, 1.807) is 26.0 Å². The minimum Gasteiger partial charge on any atom is -1.00 e. The van der Waals surface area contributed by atoms with Crippen LogP contribution in [0.15, 0.2) is 84.9 Å².